The molecule has 6 nitrogen and oxygen atoms in total. The quantitative estimate of drug-likeness (QED) is 0.159. The van der Waals surface area contributed by atoms with Crippen LogP contribution in [0.15, 0.2) is 243 Å². The van der Waals surface area contributed by atoms with E-state index in [2.05, 4.69) is 231 Å². The molecule has 0 aliphatic heterocycles. The van der Waals surface area contributed by atoms with Crippen LogP contribution in [0.5, 0.6) is 0 Å². The number of hydrogen-bond donors (Lipinski definition) is 0. The van der Waals surface area contributed by atoms with Crippen LogP contribution in [0, 0.1) is 11.3 Å². The summed E-state index contributed by atoms with van der Waals surface area (Å²) < 4.78 is 4.92. The van der Waals surface area contributed by atoms with Gasteiger partial charge in [0.05, 0.1) is 45.1 Å². The number of benzene rings is 11. The molecule has 0 saturated carbocycles. The molecule has 0 saturated heterocycles. The van der Waals surface area contributed by atoms with E-state index < -0.39 is 0 Å². The lowest BCUT2D eigenvalue weighted by Gasteiger charge is -2.23. The van der Waals surface area contributed by atoms with Crippen molar-refractivity contribution in [2.45, 2.75) is 38.5 Å². The highest BCUT2D eigenvalue weighted by atomic mass is 15.0. The summed E-state index contributed by atoms with van der Waals surface area (Å²) in [6.07, 6.45) is 0. The molecule has 0 atom stereocenters. The summed E-state index contributed by atoms with van der Waals surface area (Å²) in [5.74, 6) is 1.77. The van der Waals surface area contributed by atoms with Gasteiger partial charge in [-0.3, -0.25) is 0 Å². The fraction of sp³-hybridized carbons (Fsp3) is 0.0789. The van der Waals surface area contributed by atoms with Gasteiger partial charge in [0.15, 0.2) is 17.5 Å². The lowest BCUT2D eigenvalue weighted by atomic mass is 9.80. The van der Waals surface area contributed by atoms with E-state index in [1.54, 1.807) is 0 Å². The summed E-state index contributed by atoms with van der Waals surface area (Å²) in [5, 5.41) is 15.4. The lowest BCUT2D eigenvalue weighted by molar-refractivity contribution is 0.666. The molecule has 16 rings (SSSR count). The highest BCUT2D eigenvalue weighted by Crippen LogP contribution is 2.56. The summed E-state index contributed by atoms with van der Waals surface area (Å²) in [6.45, 7) is 9.49. The Labute approximate surface area is 475 Å². The van der Waals surface area contributed by atoms with Gasteiger partial charge in [-0.05, 0) is 122 Å². The molecule has 0 spiro atoms. The highest BCUT2D eigenvalue weighted by molar-refractivity contribution is 6.16. The molecular weight excluding hydrogens is 997 g/mol. The number of aromatic nitrogens is 5. The largest absolute Gasteiger partial charge is 0.309 e. The molecule has 2 aliphatic rings. The average molecular weight is 1050 g/mol. The molecule has 2 aliphatic carbocycles. The Kier molecular flexibility index (Phi) is 10.3. The molecule has 0 radical (unpaired) electrons. The van der Waals surface area contributed by atoms with Crippen molar-refractivity contribution < 1.29 is 0 Å². The Bertz CT molecular complexity index is 4990. The molecule has 0 fully saturated rings. The molecule has 0 amide bonds. The van der Waals surface area contributed by atoms with E-state index >= 15 is 0 Å². The van der Waals surface area contributed by atoms with Gasteiger partial charge in [-0.15, -0.1) is 0 Å². The maximum Gasteiger partial charge on any atom is 0.164 e. The third-order valence-corrected chi connectivity index (χ3v) is 17.8. The molecule has 6 heteroatoms. The Morgan fingerprint density at radius 1 is 0.329 bits per heavy atom. The van der Waals surface area contributed by atoms with Crippen molar-refractivity contribution in [1.29, 1.82) is 5.26 Å². The van der Waals surface area contributed by atoms with Gasteiger partial charge in [0.25, 0.3) is 0 Å². The van der Waals surface area contributed by atoms with Crippen LogP contribution in [0.2, 0.25) is 0 Å². The standard InChI is InChI=1S/C76H52N6/c1-75(2)60-30-15-11-26-52(60)54-36-40-66-68(70(54)75)56-28-13-17-32-62(56)81(66)64-38-34-50(43-58(64)49-25-19-20-46(42-49)45-77)59-44-51(74-79-72(47-21-7-5-8-22-47)78-73(80-74)48-23-9-6-10-24-48)35-39-65(59)82-63-33-18-14-29-57(63)69-67(82)41-37-55-53-27-12-16-31-61(53)76(3,4)71(55)69/h5-44H,1-4H3. The molecule has 11 aromatic carbocycles. The first-order chi connectivity index (χ1) is 40.2. The van der Waals surface area contributed by atoms with Gasteiger partial charge in [-0.25, -0.2) is 15.0 Å². The zero-order valence-electron chi connectivity index (χ0n) is 45.8. The molecule has 0 unspecified atom stereocenters. The van der Waals surface area contributed by atoms with E-state index in [0.29, 0.717) is 23.0 Å². The van der Waals surface area contributed by atoms with Crippen molar-refractivity contribution >= 4 is 43.6 Å². The third-order valence-electron chi connectivity index (χ3n) is 17.8. The second-order valence-electron chi connectivity index (χ2n) is 23.0. The normalized spacial score (nSPS) is 13.5. The lowest BCUT2D eigenvalue weighted by Crippen LogP contribution is -2.15. The minimum Gasteiger partial charge on any atom is -0.309 e. The predicted molar refractivity (Wildman–Crippen MR) is 336 cm³/mol. The third kappa shape index (κ3) is 6.90. The molecule has 82 heavy (non-hydrogen) atoms. The number of para-hydroxylation sites is 2. The first-order valence-electron chi connectivity index (χ1n) is 28.2. The summed E-state index contributed by atoms with van der Waals surface area (Å²) in [5.41, 5.74) is 23.8. The summed E-state index contributed by atoms with van der Waals surface area (Å²) >= 11 is 0. The molecule has 3 aromatic heterocycles. The zero-order valence-corrected chi connectivity index (χ0v) is 45.8. The number of nitriles is 1. The van der Waals surface area contributed by atoms with Crippen LogP contribution >= 0.6 is 0 Å². The SMILES string of the molecule is CC1(C)c2ccccc2-c2ccc3c(c21)c1ccccc1n3-c1ccc(-c2nc(-c3ccccc3)nc(-c3ccccc3)n2)cc1-c1ccc(-n2c3ccccc3c3c4c(ccc32)-c2ccccc2C4(C)C)c(-c2cccc(C#N)c2)c1. The Morgan fingerprint density at radius 3 is 1.26 bits per heavy atom. The smallest absolute Gasteiger partial charge is 0.164 e. The molecule has 386 valence electrons. The topological polar surface area (TPSA) is 72.3 Å². The monoisotopic (exact) mass is 1050 g/mol. The van der Waals surface area contributed by atoms with Gasteiger partial charge in [0.2, 0.25) is 0 Å². The first kappa shape index (κ1) is 47.5. The van der Waals surface area contributed by atoms with Crippen molar-refractivity contribution in [1.82, 2.24) is 24.1 Å². The molecule has 14 aromatic rings. The fourth-order valence-corrected chi connectivity index (χ4v) is 14.1. The van der Waals surface area contributed by atoms with Crippen molar-refractivity contribution in [2.75, 3.05) is 0 Å². The summed E-state index contributed by atoms with van der Waals surface area (Å²) in [4.78, 5) is 15.6. The number of hydrogen-bond acceptors (Lipinski definition) is 4. The van der Waals surface area contributed by atoms with E-state index in [-0.39, 0.29) is 10.8 Å². The maximum absolute atomic E-state index is 10.5. The van der Waals surface area contributed by atoms with Crippen molar-refractivity contribution in [3.8, 4) is 96.1 Å². The van der Waals surface area contributed by atoms with Gasteiger partial charge in [-0.2, -0.15) is 5.26 Å². The minimum absolute atomic E-state index is 0.232. The number of nitrogens with zero attached hydrogens (tertiary/aromatic N) is 6. The number of rotatable bonds is 7. The van der Waals surface area contributed by atoms with Crippen LogP contribution < -0.4 is 0 Å². The van der Waals surface area contributed by atoms with Crippen LogP contribution in [0.1, 0.15) is 55.5 Å². The maximum atomic E-state index is 10.5. The fourth-order valence-electron chi connectivity index (χ4n) is 14.1. The van der Waals surface area contributed by atoms with Crippen molar-refractivity contribution in [3.63, 3.8) is 0 Å². The van der Waals surface area contributed by atoms with Crippen LogP contribution in [-0.2, 0) is 10.8 Å². The molecular formula is C76H52N6. The Hall–Kier alpha value is -10.5. The minimum atomic E-state index is -0.242. The second-order valence-corrected chi connectivity index (χ2v) is 23.0. The van der Waals surface area contributed by atoms with Crippen LogP contribution in [0.4, 0.5) is 0 Å². The van der Waals surface area contributed by atoms with Gasteiger partial charge in [0, 0.05) is 60.2 Å². The van der Waals surface area contributed by atoms with Gasteiger partial charge in [0.1, 0.15) is 0 Å². The first-order valence-corrected chi connectivity index (χ1v) is 28.2. The van der Waals surface area contributed by atoms with E-state index in [1.165, 1.54) is 66.1 Å². The van der Waals surface area contributed by atoms with E-state index in [9.17, 15) is 5.26 Å². The number of fused-ring (bicyclic) bond motifs is 14. The summed E-state index contributed by atoms with van der Waals surface area (Å²) in [7, 11) is 0. The zero-order chi connectivity index (χ0) is 55.0. The van der Waals surface area contributed by atoms with Crippen LogP contribution in [0.25, 0.3) is 134 Å². The van der Waals surface area contributed by atoms with Crippen LogP contribution in [-0.4, -0.2) is 24.1 Å². The molecule has 0 bridgehead atoms. The summed E-state index contributed by atoms with van der Waals surface area (Å²) in [6, 6.07) is 89.3. The molecule has 3 heterocycles. The average Bonchev–Trinajstić information content (AvgIpc) is 2.85. The van der Waals surface area contributed by atoms with Gasteiger partial charge < -0.3 is 9.13 Å². The second kappa shape index (κ2) is 17.8. The van der Waals surface area contributed by atoms with Gasteiger partial charge in [-0.1, -0.05) is 204 Å². The van der Waals surface area contributed by atoms with Crippen LogP contribution in [0.3, 0.4) is 0 Å². The van der Waals surface area contributed by atoms with E-state index in [1.807, 2.05) is 54.6 Å². The highest BCUT2D eigenvalue weighted by Gasteiger charge is 2.40. The predicted octanol–water partition coefficient (Wildman–Crippen LogP) is 18.9. The Balaban J connectivity index is 0.988. The Morgan fingerprint density at radius 2 is 0.744 bits per heavy atom. The van der Waals surface area contributed by atoms with Gasteiger partial charge >= 0.3 is 0 Å². The van der Waals surface area contributed by atoms with Crippen molar-refractivity contribution in [3.05, 3.63) is 270 Å². The van der Waals surface area contributed by atoms with E-state index in [0.717, 1.165) is 72.4 Å². The van der Waals surface area contributed by atoms with Crippen molar-refractivity contribution in [2.24, 2.45) is 0 Å². The van der Waals surface area contributed by atoms with E-state index in [4.69, 9.17) is 15.0 Å². The molecule has 0 N–H and O–H groups in total.